The number of fused-ring (bicyclic) bond motifs is 3. The molecule has 1 aliphatic heterocycles. The van der Waals surface area contributed by atoms with Crippen LogP contribution in [0.5, 0.6) is 5.88 Å². The molecule has 3 heterocycles. The first-order chi connectivity index (χ1) is 16.5. The highest BCUT2D eigenvalue weighted by atomic mass is 16.8. The summed E-state index contributed by atoms with van der Waals surface area (Å²) < 4.78 is 19.2. The van der Waals surface area contributed by atoms with Crippen molar-refractivity contribution in [3.8, 4) is 5.88 Å². The summed E-state index contributed by atoms with van der Waals surface area (Å²) in [7, 11) is 1.80. The average Bonchev–Trinajstić information content (AvgIpc) is 3.05. The number of hydrogen-bond acceptors (Lipinski definition) is 9. The topological polar surface area (TPSA) is 127 Å². The Morgan fingerprint density at radius 3 is 2.03 bits per heavy atom. The van der Waals surface area contributed by atoms with E-state index in [2.05, 4.69) is 5.10 Å². The molecular formula is C25H31N3O7. The smallest absolute Gasteiger partial charge is 0.304 e. The molecule has 0 unspecified atom stereocenters. The van der Waals surface area contributed by atoms with Gasteiger partial charge in [-0.2, -0.15) is 10.1 Å². The number of carbonyl (C=O) groups is 4. The van der Waals surface area contributed by atoms with Crippen LogP contribution in [0.2, 0.25) is 0 Å². The van der Waals surface area contributed by atoms with Gasteiger partial charge in [-0.3, -0.25) is 23.9 Å². The Balaban J connectivity index is 1.83. The van der Waals surface area contributed by atoms with E-state index in [4.69, 9.17) is 19.2 Å². The van der Waals surface area contributed by atoms with Crippen LogP contribution < -0.4 is 4.74 Å². The van der Waals surface area contributed by atoms with E-state index >= 15 is 0 Å². The molecule has 0 saturated carbocycles. The predicted octanol–water partition coefficient (Wildman–Crippen LogP) is 2.40. The van der Waals surface area contributed by atoms with Crippen LogP contribution in [0.25, 0.3) is 11.0 Å². The molecule has 1 saturated heterocycles. The van der Waals surface area contributed by atoms with Crippen LogP contribution in [0, 0.1) is 24.7 Å². The van der Waals surface area contributed by atoms with E-state index in [0.29, 0.717) is 11.5 Å². The highest BCUT2D eigenvalue weighted by Gasteiger charge is 2.54. The number of Topliss-reactive ketones (excluding diaryl/α,β-unsaturated/α-hetero) is 3. The largest absolute Gasteiger partial charge is 0.447 e. The van der Waals surface area contributed by atoms with E-state index in [0.717, 1.165) is 47.9 Å². The number of ether oxygens (including phenoxy) is 3. The van der Waals surface area contributed by atoms with Crippen LogP contribution in [0.3, 0.4) is 0 Å². The Hall–Kier alpha value is -3.14. The minimum absolute atomic E-state index is 0.302. The van der Waals surface area contributed by atoms with Crippen molar-refractivity contribution in [2.24, 2.45) is 24.8 Å². The fourth-order valence-corrected chi connectivity index (χ4v) is 5.54. The van der Waals surface area contributed by atoms with E-state index in [1.54, 1.807) is 11.7 Å². The number of rotatable bonds is 6. The zero-order valence-corrected chi connectivity index (χ0v) is 20.9. The quantitative estimate of drug-likeness (QED) is 0.567. The minimum atomic E-state index is -1.36. The standard InChI is InChI=1S/C25H31N3O7/c1-11-18-16-9-7-8-10-17(16)23(26-22(18)28(6)27-11)34-25-21(14(4)31)19(12(2)29)20(13(3)30)24(35-25)33-15(5)32/h19-21,24-25H,7-10H2,1-6H3/t19-,20+,21-,24-,25+/m1/s1. The monoisotopic (exact) mass is 485 g/mol. The summed E-state index contributed by atoms with van der Waals surface area (Å²) in [5, 5.41) is 5.51. The average molecular weight is 486 g/mol. The number of ketones is 3. The number of esters is 1. The highest BCUT2D eigenvalue weighted by molar-refractivity contribution is 5.93. The van der Waals surface area contributed by atoms with Gasteiger partial charge >= 0.3 is 5.97 Å². The van der Waals surface area contributed by atoms with E-state index in [9.17, 15) is 19.2 Å². The van der Waals surface area contributed by atoms with Crippen molar-refractivity contribution in [1.29, 1.82) is 0 Å². The molecule has 5 atom stereocenters. The van der Waals surface area contributed by atoms with Crippen LogP contribution >= 0.6 is 0 Å². The second-order valence-corrected chi connectivity index (χ2v) is 9.50. The molecule has 4 rings (SSSR count). The third kappa shape index (κ3) is 4.47. The lowest BCUT2D eigenvalue weighted by atomic mass is 9.73. The van der Waals surface area contributed by atoms with E-state index in [-0.39, 0.29) is 11.6 Å². The molecular weight excluding hydrogens is 454 g/mol. The molecule has 10 nitrogen and oxygen atoms in total. The van der Waals surface area contributed by atoms with Crippen molar-refractivity contribution in [1.82, 2.24) is 14.8 Å². The third-order valence-electron chi connectivity index (χ3n) is 6.97. The predicted molar refractivity (Wildman–Crippen MR) is 123 cm³/mol. The van der Waals surface area contributed by atoms with Crippen molar-refractivity contribution < 1.29 is 33.4 Å². The van der Waals surface area contributed by atoms with Crippen LogP contribution in [-0.2, 0) is 48.5 Å². The zero-order valence-electron chi connectivity index (χ0n) is 20.9. The molecule has 188 valence electrons. The number of aryl methyl sites for hydroxylation is 3. The van der Waals surface area contributed by atoms with Gasteiger partial charge in [-0.25, -0.2) is 0 Å². The normalized spacial score (nSPS) is 26.2. The van der Waals surface area contributed by atoms with Crippen molar-refractivity contribution in [3.05, 3.63) is 16.8 Å². The van der Waals surface area contributed by atoms with E-state index in [1.165, 1.54) is 27.7 Å². The molecule has 0 radical (unpaired) electrons. The van der Waals surface area contributed by atoms with Gasteiger partial charge < -0.3 is 14.2 Å². The number of nitrogens with zero attached hydrogens (tertiary/aromatic N) is 3. The maximum atomic E-state index is 12.8. The zero-order chi connectivity index (χ0) is 25.6. The second-order valence-electron chi connectivity index (χ2n) is 9.50. The lowest BCUT2D eigenvalue weighted by molar-refractivity contribution is -0.277. The molecule has 0 amide bonds. The molecule has 2 aromatic heterocycles. The van der Waals surface area contributed by atoms with Gasteiger partial charge in [-0.05, 0) is 58.9 Å². The maximum Gasteiger partial charge on any atom is 0.304 e. The fraction of sp³-hybridized carbons (Fsp3) is 0.600. The van der Waals surface area contributed by atoms with Crippen molar-refractivity contribution in [2.75, 3.05) is 0 Å². The molecule has 0 spiro atoms. The van der Waals surface area contributed by atoms with E-state index in [1.807, 2.05) is 6.92 Å². The summed E-state index contributed by atoms with van der Waals surface area (Å²) >= 11 is 0. The summed E-state index contributed by atoms with van der Waals surface area (Å²) in [5.41, 5.74) is 3.56. The van der Waals surface area contributed by atoms with Gasteiger partial charge in [0.2, 0.25) is 18.5 Å². The summed E-state index contributed by atoms with van der Waals surface area (Å²) in [6, 6.07) is 0. The third-order valence-corrected chi connectivity index (χ3v) is 6.97. The molecule has 1 fully saturated rings. The van der Waals surface area contributed by atoms with Crippen LogP contribution in [-0.4, -0.2) is 50.7 Å². The first kappa shape index (κ1) is 25.0. The Bertz CT molecular complexity index is 1220. The number of aromatic nitrogens is 3. The molecule has 2 aliphatic rings. The lowest BCUT2D eigenvalue weighted by Gasteiger charge is -2.43. The molecule has 0 N–H and O–H groups in total. The highest BCUT2D eigenvalue weighted by Crippen LogP contribution is 2.41. The van der Waals surface area contributed by atoms with Gasteiger partial charge in [0.1, 0.15) is 17.3 Å². The van der Waals surface area contributed by atoms with Gasteiger partial charge in [0.15, 0.2) is 5.65 Å². The SMILES string of the molecule is CC(=O)O[C@@H]1O[C@H](Oc2nc3c(c(C)nn3C)c3c2CCCC3)[C@H](C(C)=O)[C@H](C(C)=O)[C@@H]1C(C)=O. The first-order valence-corrected chi connectivity index (χ1v) is 11.9. The number of carbonyl (C=O) groups excluding carboxylic acids is 4. The summed E-state index contributed by atoms with van der Waals surface area (Å²) in [6.07, 6.45) is 0.925. The van der Waals surface area contributed by atoms with Crippen molar-refractivity contribution in [3.63, 3.8) is 0 Å². The van der Waals surface area contributed by atoms with Gasteiger partial charge in [0, 0.05) is 30.8 Å². The van der Waals surface area contributed by atoms with Crippen LogP contribution in [0.15, 0.2) is 0 Å². The number of pyridine rings is 1. The van der Waals surface area contributed by atoms with Crippen LogP contribution in [0.1, 0.15) is 57.4 Å². The molecule has 10 heteroatoms. The molecule has 1 aliphatic carbocycles. The van der Waals surface area contributed by atoms with Crippen molar-refractivity contribution >= 4 is 34.4 Å². The Morgan fingerprint density at radius 2 is 1.46 bits per heavy atom. The molecule has 35 heavy (non-hydrogen) atoms. The summed E-state index contributed by atoms with van der Waals surface area (Å²) in [4.78, 5) is 54.6. The van der Waals surface area contributed by atoms with Gasteiger partial charge in [0.05, 0.1) is 17.5 Å². The van der Waals surface area contributed by atoms with Crippen LogP contribution in [0.4, 0.5) is 0 Å². The molecule has 0 bridgehead atoms. The first-order valence-electron chi connectivity index (χ1n) is 11.9. The molecule has 0 aromatic carbocycles. The summed E-state index contributed by atoms with van der Waals surface area (Å²) in [6.45, 7) is 7.06. The van der Waals surface area contributed by atoms with Gasteiger partial charge in [0.25, 0.3) is 0 Å². The Morgan fingerprint density at radius 1 is 0.886 bits per heavy atom. The maximum absolute atomic E-state index is 12.8. The fourth-order valence-electron chi connectivity index (χ4n) is 5.54. The Kier molecular flexibility index (Phi) is 6.77. The van der Waals surface area contributed by atoms with Crippen molar-refractivity contribution in [2.45, 2.75) is 72.9 Å². The van der Waals surface area contributed by atoms with Gasteiger partial charge in [-0.1, -0.05) is 0 Å². The second kappa shape index (κ2) is 9.49. The lowest BCUT2D eigenvalue weighted by Crippen LogP contribution is -2.57. The number of hydrogen-bond donors (Lipinski definition) is 0. The minimum Gasteiger partial charge on any atom is -0.447 e. The van der Waals surface area contributed by atoms with Gasteiger partial charge in [-0.15, -0.1) is 0 Å². The summed E-state index contributed by atoms with van der Waals surface area (Å²) in [5.74, 6) is -4.79. The van der Waals surface area contributed by atoms with E-state index < -0.39 is 42.1 Å². The molecule has 2 aromatic rings. The Labute approximate surface area is 203 Å².